The van der Waals surface area contributed by atoms with Crippen LogP contribution in [0.3, 0.4) is 0 Å². The van der Waals surface area contributed by atoms with Crippen LogP contribution in [0, 0.1) is 13.8 Å². The fourth-order valence-corrected chi connectivity index (χ4v) is 21.7. The molecule has 149 heavy (non-hydrogen) atoms. The highest BCUT2D eigenvalue weighted by atomic mass is 16.2. The molecular weight excluding hydrogens is 1870 g/mol. The minimum Gasteiger partial charge on any atom is -0.369 e. The molecule has 0 bridgehead atoms. The summed E-state index contributed by atoms with van der Waals surface area (Å²) in [6.07, 6.45) is 30.9. The molecule has 7 aliphatic heterocycles. The first-order valence-electron chi connectivity index (χ1n) is 53.9. The molecule has 0 radical (unpaired) electrons. The molecular formula is C114H145N29O6. The van der Waals surface area contributed by atoms with E-state index in [0.29, 0.717) is 67.1 Å². The Morgan fingerprint density at radius 1 is 0.376 bits per heavy atom. The highest BCUT2D eigenvalue weighted by molar-refractivity contribution is 6.02. The molecule has 13 aromatic rings. The lowest BCUT2D eigenvalue weighted by Crippen LogP contribution is -2.48. The first kappa shape index (κ1) is 104. The maximum absolute atomic E-state index is 12.5. The number of carbonyl (C=O) groups is 6. The van der Waals surface area contributed by atoms with Crippen LogP contribution in [0.1, 0.15) is 220 Å². The van der Waals surface area contributed by atoms with Crippen LogP contribution in [0.15, 0.2) is 165 Å². The summed E-state index contributed by atoms with van der Waals surface area (Å²) < 4.78 is 6.71. The van der Waals surface area contributed by atoms with Crippen molar-refractivity contribution in [2.45, 2.75) is 216 Å². The lowest BCUT2D eigenvalue weighted by atomic mass is 10.1. The lowest BCUT2D eigenvalue weighted by Gasteiger charge is -2.35. The van der Waals surface area contributed by atoms with Gasteiger partial charge >= 0.3 is 0 Å². The highest BCUT2D eigenvalue weighted by Crippen LogP contribution is 2.41. The SMILES string of the molecule is CC(=O)N1CCN(c2ccc(Nc3ncc4c(C)cn(C5CC5)c4n3)cc2)CC1.CC(=O)N1CCN(c2ccc(Nc3ncc4c(C)cn(C5CCCC5)c4n3)cc2)CC1.CCC(CC)N1C(=O)Cc2cnc(Cc3ccc(N4CCNCC4)cc3)nc21.CCC(CC)N1C(=O)Cc2cnc(Cc3ccc(N4CCNCC4)cn3)nc21.CCC(CC)n1c(C(C)=O)cc2cnc(Nc3ccc(N4CCN(C(C)=O)CC4)cc3)nc21. The minimum absolute atomic E-state index is 0.0362. The molecule has 35 heteroatoms. The number of nitrogens with one attached hydrogen (secondary N) is 5. The first-order chi connectivity index (χ1) is 72.4. The van der Waals surface area contributed by atoms with Crippen LogP contribution < -0.4 is 60.9 Å². The summed E-state index contributed by atoms with van der Waals surface area (Å²) in [6.45, 7) is 41.5. The van der Waals surface area contributed by atoms with Crippen molar-refractivity contribution in [1.29, 1.82) is 0 Å². The molecule has 16 heterocycles. The van der Waals surface area contributed by atoms with E-state index in [1.807, 2.05) is 73.7 Å². The van der Waals surface area contributed by atoms with Gasteiger partial charge in [0.25, 0.3) is 0 Å². The highest BCUT2D eigenvalue weighted by Gasteiger charge is 2.37. The number of anilines is 13. The van der Waals surface area contributed by atoms with E-state index >= 15 is 0 Å². The second-order valence-electron chi connectivity index (χ2n) is 40.5. The number of carbonyl (C=O) groups excluding carboxylic acids is 6. The number of benzene rings is 4. The number of nitrogens with zero attached hydrogens (tertiary/aromatic N) is 24. The van der Waals surface area contributed by atoms with Crippen molar-refractivity contribution in [1.82, 2.24) is 93.9 Å². The van der Waals surface area contributed by atoms with Crippen LogP contribution in [0.25, 0.3) is 33.1 Å². The third kappa shape index (κ3) is 24.9. The van der Waals surface area contributed by atoms with Gasteiger partial charge in [0.15, 0.2) is 5.78 Å². The van der Waals surface area contributed by atoms with E-state index in [4.69, 9.17) is 24.9 Å². The molecule has 35 nitrogen and oxygen atoms in total. The molecule has 9 aliphatic rings. The largest absolute Gasteiger partial charge is 0.369 e. The number of piperazine rings is 5. The Labute approximate surface area is 873 Å². The second-order valence-corrected chi connectivity index (χ2v) is 40.5. The maximum atomic E-state index is 12.5. The Kier molecular flexibility index (Phi) is 33.7. The summed E-state index contributed by atoms with van der Waals surface area (Å²) in [7, 11) is 0. The van der Waals surface area contributed by atoms with Crippen LogP contribution >= 0.6 is 0 Å². The molecule has 9 aromatic heterocycles. The number of hydrogen-bond donors (Lipinski definition) is 5. The average Bonchev–Trinajstić information content (AvgIpc) is 1.63. The number of amides is 5. The van der Waals surface area contributed by atoms with Crippen molar-refractivity contribution in [2.24, 2.45) is 0 Å². The number of aromatic nitrogens is 14. The Balaban J connectivity index is 0.000000122. The monoisotopic (exact) mass is 2020 g/mol. The molecule has 2 aliphatic carbocycles. The van der Waals surface area contributed by atoms with E-state index < -0.39 is 0 Å². The quantitative estimate of drug-likeness (QED) is 0.0299. The van der Waals surface area contributed by atoms with E-state index in [0.717, 1.165) is 265 Å². The van der Waals surface area contributed by atoms with Gasteiger partial charge in [0, 0.05) is 311 Å². The van der Waals surface area contributed by atoms with Gasteiger partial charge in [-0.25, -0.2) is 34.9 Å². The zero-order chi connectivity index (χ0) is 104. The molecule has 4 aromatic carbocycles. The Morgan fingerprint density at radius 3 is 1.11 bits per heavy atom. The molecule has 5 N–H and O–H groups in total. The number of aryl methyl sites for hydroxylation is 2. The molecule has 5 amide bonds. The van der Waals surface area contributed by atoms with Crippen molar-refractivity contribution in [3.63, 3.8) is 0 Å². The number of ketones is 1. The lowest BCUT2D eigenvalue weighted by molar-refractivity contribution is -0.129. The molecule has 22 rings (SSSR count). The standard InChI is InChI=1S/C25H32N6O2.C24H30N6O.C22H26N6O.C22H29N5O.C21H28N6O/c1-5-21(6-2)31-23(17(3)32)15-19-16-26-25(28-24(19)31)27-20-7-9-22(10-8-20)30-13-11-29(12-14-30)18(4)33;1-17-16-30(21-5-3-4-6-21)23-22(17)15-25-24(27-23)26-19-7-9-20(10-8-19)29-13-11-28(12-14-29)18(2)31;1-15-14-28(19-7-8-19)21-20(15)13-23-22(25-21)24-17-3-5-18(6-4-17)27-11-9-26(10-12-27)16(2)29;1-3-18(4-2)27-21(28)14-17-15-24-20(25-22(17)27)13-16-5-7-19(8-6-16)26-11-9-23-10-12-26;1-3-17(4-2)27-20(28)11-15-13-24-19(25-21(15)27)12-16-5-6-18(14-23-16)26-9-7-22-8-10-26/h7-10,15-16,21H,5-6,11-14H2,1-4H3,(H,26,27,28);7-10,15-16,21H,3-6,11-14H2,1-2H3,(H,25,26,27);3-6,13-14,19H,7-12H2,1-2H3,(H,23,24,25);5-8,15,18,23H,3-4,9-14H2,1-2H3;5-6,13-14,17,22H,3-4,7-12H2,1-2H3. The summed E-state index contributed by atoms with van der Waals surface area (Å²) in [4.78, 5) is 144. The van der Waals surface area contributed by atoms with Crippen molar-refractivity contribution in [3.05, 3.63) is 216 Å². The molecule has 0 spiro atoms. The summed E-state index contributed by atoms with van der Waals surface area (Å²) in [6, 6.07) is 41.5. The third-order valence-corrected chi connectivity index (χ3v) is 30.6. The number of pyridine rings is 1. The van der Waals surface area contributed by atoms with Gasteiger partial charge < -0.3 is 79.5 Å². The van der Waals surface area contributed by atoms with Crippen molar-refractivity contribution in [2.75, 3.05) is 181 Å². The van der Waals surface area contributed by atoms with E-state index in [1.165, 1.54) is 72.3 Å². The van der Waals surface area contributed by atoms with Crippen LogP contribution in [0.2, 0.25) is 0 Å². The topological polar surface area (TPSA) is 352 Å². The molecule has 0 unspecified atom stereocenters. The van der Waals surface area contributed by atoms with Crippen LogP contribution in [0.4, 0.5) is 75.0 Å². The van der Waals surface area contributed by atoms with Crippen molar-refractivity contribution >= 4 is 143 Å². The zero-order valence-corrected chi connectivity index (χ0v) is 88.6. The Bertz CT molecular complexity index is 6650. The number of rotatable bonds is 27. The van der Waals surface area contributed by atoms with Crippen LogP contribution in [-0.2, 0) is 49.7 Å². The summed E-state index contributed by atoms with van der Waals surface area (Å²) in [5.74, 6) is 5.64. The normalized spacial score (nSPS) is 16.4. The third-order valence-electron chi connectivity index (χ3n) is 30.6. The van der Waals surface area contributed by atoms with E-state index in [1.54, 1.807) is 33.9 Å². The number of hydrogen-bond acceptors (Lipinski definition) is 27. The van der Waals surface area contributed by atoms with E-state index in [-0.39, 0.29) is 53.4 Å². The van der Waals surface area contributed by atoms with Crippen LogP contribution in [-0.4, -0.2) is 262 Å². The van der Waals surface area contributed by atoms with Gasteiger partial charge in [0.1, 0.15) is 40.2 Å². The van der Waals surface area contributed by atoms with Crippen LogP contribution in [0.5, 0.6) is 0 Å². The number of fused-ring (bicyclic) bond motifs is 5. The van der Waals surface area contributed by atoms with Gasteiger partial charge in [-0.1, -0.05) is 66.5 Å². The van der Waals surface area contributed by atoms with Crippen molar-refractivity contribution in [3.8, 4) is 0 Å². The zero-order valence-electron chi connectivity index (χ0n) is 88.6. The van der Waals surface area contributed by atoms with Gasteiger partial charge in [-0.2, -0.15) is 15.0 Å². The molecule has 782 valence electrons. The Morgan fingerprint density at radius 2 is 0.738 bits per heavy atom. The molecule has 5 saturated heterocycles. The van der Waals surface area contributed by atoms with E-state index in [2.05, 4.69) is 260 Å². The summed E-state index contributed by atoms with van der Waals surface area (Å²) in [5, 5.41) is 19.9. The van der Waals surface area contributed by atoms with Gasteiger partial charge in [0.05, 0.1) is 36.8 Å². The summed E-state index contributed by atoms with van der Waals surface area (Å²) in [5.41, 5.74) is 18.7. The molecule has 2 saturated carbocycles. The second kappa shape index (κ2) is 48.1. The smallest absolute Gasteiger partial charge is 0.233 e. The number of Topliss-reactive ketones (excluding diaryl/α,β-unsaturated/α-hetero) is 1. The molecule has 7 fully saturated rings. The average molecular weight is 2020 g/mol. The predicted octanol–water partition coefficient (Wildman–Crippen LogP) is 16.7. The minimum atomic E-state index is 0.0362. The van der Waals surface area contributed by atoms with Gasteiger partial charge in [-0.3, -0.25) is 43.6 Å². The Hall–Kier alpha value is -14.6. The van der Waals surface area contributed by atoms with Gasteiger partial charge in [0.2, 0.25) is 47.4 Å². The first-order valence-corrected chi connectivity index (χ1v) is 53.9. The van der Waals surface area contributed by atoms with Gasteiger partial charge in [-0.15, -0.1) is 0 Å². The fraction of sp³-hybridized carbons (Fsp3) is 0.465. The van der Waals surface area contributed by atoms with Crippen molar-refractivity contribution < 1.29 is 28.8 Å². The summed E-state index contributed by atoms with van der Waals surface area (Å²) >= 11 is 0. The van der Waals surface area contributed by atoms with E-state index in [9.17, 15) is 28.8 Å². The maximum Gasteiger partial charge on any atom is 0.233 e. The van der Waals surface area contributed by atoms with Gasteiger partial charge in [-0.05, 0) is 198 Å². The molecule has 0 atom stereocenters. The predicted molar refractivity (Wildman–Crippen MR) is 592 cm³/mol. The fourth-order valence-electron chi connectivity index (χ4n) is 21.7.